The van der Waals surface area contributed by atoms with Crippen molar-refractivity contribution < 1.29 is 19.8 Å². The molecule has 0 aliphatic heterocycles. The molecular formula is C15H16O4. The van der Waals surface area contributed by atoms with Crippen LogP contribution in [-0.4, -0.2) is 22.2 Å². The maximum atomic E-state index is 11.5. The van der Waals surface area contributed by atoms with E-state index in [2.05, 4.69) is 0 Å². The van der Waals surface area contributed by atoms with Gasteiger partial charge >= 0.3 is 11.9 Å². The van der Waals surface area contributed by atoms with Crippen molar-refractivity contribution in [1.82, 2.24) is 0 Å². The zero-order valence-electron chi connectivity index (χ0n) is 10.6. The maximum absolute atomic E-state index is 11.5. The molecule has 0 amide bonds. The van der Waals surface area contributed by atoms with Gasteiger partial charge in [-0.25, -0.2) is 0 Å². The average Bonchev–Trinajstić information content (AvgIpc) is 2.38. The van der Waals surface area contributed by atoms with Crippen molar-refractivity contribution in [3.63, 3.8) is 0 Å². The first kappa shape index (κ1) is 13.3. The first-order valence-electron chi connectivity index (χ1n) is 6.18. The predicted octanol–water partition coefficient (Wildman–Crippen LogP) is 2.52. The van der Waals surface area contributed by atoms with E-state index in [1.807, 2.05) is 43.3 Å². The third-order valence-corrected chi connectivity index (χ3v) is 3.61. The zero-order valence-corrected chi connectivity index (χ0v) is 10.6. The molecule has 0 saturated heterocycles. The summed E-state index contributed by atoms with van der Waals surface area (Å²) in [4.78, 5) is 22.8. The Morgan fingerprint density at radius 2 is 1.74 bits per heavy atom. The first-order valence-corrected chi connectivity index (χ1v) is 6.18. The number of aliphatic carboxylic acids is 2. The number of hydrogen-bond acceptors (Lipinski definition) is 2. The Hall–Kier alpha value is -2.10. The number of carboxylic acids is 2. The topological polar surface area (TPSA) is 74.6 Å². The summed E-state index contributed by atoms with van der Waals surface area (Å²) in [6.07, 6.45) is 2.18. The molecule has 3 atom stereocenters. The quantitative estimate of drug-likeness (QED) is 0.819. The summed E-state index contributed by atoms with van der Waals surface area (Å²) in [5, 5.41) is 18.6. The normalized spacial score (nSPS) is 26.6. The lowest BCUT2D eigenvalue weighted by Gasteiger charge is -2.31. The van der Waals surface area contributed by atoms with Gasteiger partial charge in [0, 0.05) is 5.92 Å². The highest BCUT2D eigenvalue weighted by atomic mass is 16.4. The molecule has 1 aliphatic rings. The van der Waals surface area contributed by atoms with Gasteiger partial charge in [-0.3, -0.25) is 9.59 Å². The summed E-state index contributed by atoms with van der Waals surface area (Å²) >= 11 is 0. The van der Waals surface area contributed by atoms with E-state index in [0.29, 0.717) is 6.42 Å². The van der Waals surface area contributed by atoms with Crippen LogP contribution in [0, 0.1) is 11.8 Å². The Balaban J connectivity index is 2.46. The minimum Gasteiger partial charge on any atom is -0.481 e. The van der Waals surface area contributed by atoms with Gasteiger partial charge in [-0.1, -0.05) is 42.0 Å². The Morgan fingerprint density at radius 3 is 2.26 bits per heavy atom. The summed E-state index contributed by atoms with van der Waals surface area (Å²) in [6, 6.07) is 9.21. The minimum atomic E-state index is -1.05. The summed E-state index contributed by atoms with van der Waals surface area (Å²) in [7, 11) is 0. The lowest BCUT2D eigenvalue weighted by Crippen LogP contribution is -2.36. The van der Waals surface area contributed by atoms with Crippen LogP contribution in [0.1, 0.15) is 24.8 Å². The predicted molar refractivity (Wildman–Crippen MR) is 69.8 cm³/mol. The molecule has 0 spiro atoms. The van der Waals surface area contributed by atoms with Gasteiger partial charge in [-0.05, 0) is 18.9 Å². The average molecular weight is 260 g/mol. The molecule has 0 bridgehead atoms. The fraction of sp³-hybridized carbons (Fsp3) is 0.333. The third kappa shape index (κ3) is 2.67. The second-order valence-corrected chi connectivity index (χ2v) is 4.96. The molecule has 1 aromatic carbocycles. The largest absolute Gasteiger partial charge is 0.481 e. The Labute approximate surface area is 111 Å². The van der Waals surface area contributed by atoms with E-state index in [9.17, 15) is 19.8 Å². The highest BCUT2D eigenvalue weighted by Crippen LogP contribution is 2.40. The molecule has 0 fully saturated rings. The smallest absolute Gasteiger partial charge is 0.308 e. The Morgan fingerprint density at radius 1 is 1.11 bits per heavy atom. The van der Waals surface area contributed by atoms with Crippen LogP contribution >= 0.6 is 0 Å². The van der Waals surface area contributed by atoms with Crippen molar-refractivity contribution in [3.8, 4) is 0 Å². The Kier molecular flexibility index (Phi) is 3.69. The van der Waals surface area contributed by atoms with Crippen LogP contribution in [0.25, 0.3) is 0 Å². The van der Waals surface area contributed by atoms with E-state index in [1.54, 1.807) is 0 Å². The molecule has 4 heteroatoms. The second kappa shape index (κ2) is 5.26. The molecule has 2 rings (SSSR count). The fourth-order valence-electron chi connectivity index (χ4n) is 2.75. The number of benzene rings is 1. The lowest BCUT2D eigenvalue weighted by molar-refractivity contribution is -0.154. The van der Waals surface area contributed by atoms with Crippen molar-refractivity contribution in [3.05, 3.63) is 47.5 Å². The molecular weight excluding hydrogens is 244 g/mol. The van der Waals surface area contributed by atoms with Gasteiger partial charge in [-0.2, -0.15) is 0 Å². The van der Waals surface area contributed by atoms with Crippen molar-refractivity contribution >= 4 is 11.9 Å². The molecule has 0 unspecified atom stereocenters. The highest BCUT2D eigenvalue weighted by Gasteiger charge is 2.42. The van der Waals surface area contributed by atoms with Crippen LogP contribution in [-0.2, 0) is 9.59 Å². The molecule has 0 heterocycles. The van der Waals surface area contributed by atoms with Gasteiger partial charge in [0.25, 0.3) is 0 Å². The van der Waals surface area contributed by atoms with E-state index >= 15 is 0 Å². The second-order valence-electron chi connectivity index (χ2n) is 4.96. The van der Waals surface area contributed by atoms with E-state index in [0.717, 1.165) is 11.1 Å². The van der Waals surface area contributed by atoms with E-state index in [-0.39, 0.29) is 5.92 Å². The maximum Gasteiger partial charge on any atom is 0.308 e. The van der Waals surface area contributed by atoms with E-state index in [4.69, 9.17) is 0 Å². The number of carbonyl (C=O) groups is 2. The fourth-order valence-corrected chi connectivity index (χ4v) is 2.75. The number of allylic oxidation sites excluding steroid dienone is 2. The monoisotopic (exact) mass is 260 g/mol. The van der Waals surface area contributed by atoms with Crippen molar-refractivity contribution in [2.75, 3.05) is 0 Å². The number of rotatable bonds is 3. The molecule has 2 N–H and O–H groups in total. The highest BCUT2D eigenvalue weighted by molar-refractivity contribution is 5.82. The summed E-state index contributed by atoms with van der Waals surface area (Å²) < 4.78 is 0. The van der Waals surface area contributed by atoms with Gasteiger partial charge in [0.2, 0.25) is 0 Å². The van der Waals surface area contributed by atoms with E-state index < -0.39 is 23.8 Å². The number of carboxylic acid groups (broad SMARTS) is 2. The zero-order chi connectivity index (χ0) is 14.0. The SMILES string of the molecule is CC1=C[C@@H](c2ccccc2)[C@@H](C(=O)O)[C@@H](C(=O)O)C1. The minimum absolute atomic E-state index is 0.301. The van der Waals surface area contributed by atoms with Gasteiger partial charge in [0.15, 0.2) is 0 Å². The van der Waals surface area contributed by atoms with Crippen molar-refractivity contribution in [1.29, 1.82) is 0 Å². The standard InChI is InChI=1S/C15H16O4/c1-9-7-11(10-5-3-2-4-6-10)13(15(18)19)12(8-9)14(16)17/h2-7,11-13H,8H2,1H3,(H,16,17)(H,18,19)/t11-,12-,13+/m0/s1. The molecule has 4 nitrogen and oxygen atoms in total. The van der Waals surface area contributed by atoms with Crippen LogP contribution in [0.5, 0.6) is 0 Å². The van der Waals surface area contributed by atoms with Crippen LogP contribution in [0.4, 0.5) is 0 Å². The molecule has 0 saturated carbocycles. The molecule has 0 radical (unpaired) electrons. The Bertz CT molecular complexity index is 518. The summed E-state index contributed by atoms with van der Waals surface area (Å²) in [6.45, 7) is 1.85. The van der Waals surface area contributed by atoms with Gasteiger partial charge in [-0.15, -0.1) is 0 Å². The molecule has 1 aliphatic carbocycles. The summed E-state index contributed by atoms with van der Waals surface area (Å²) in [5.74, 6) is -4.25. The van der Waals surface area contributed by atoms with Crippen LogP contribution < -0.4 is 0 Å². The first-order chi connectivity index (χ1) is 9.00. The van der Waals surface area contributed by atoms with Crippen LogP contribution in [0.2, 0.25) is 0 Å². The van der Waals surface area contributed by atoms with Gasteiger partial charge in [0.1, 0.15) is 0 Å². The van der Waals surface area contributed by atoms with Crippen LogP contribution in [0.3, 0.4) is 0 Å². The summed E-state index contributed by atoms with van der Waals surface area (Å²) in [5.41, 5.74) is 1.78. The number of hydrogen-bond donors (Lipinski definition) is 2. The molecule has 19 heavy (non-hydrogen) atoms. The van der Waals surface area contributed by atoms with Crippen molar-refractivity contribution in [2.24, 2.45) is 11.8 Å². The molecule has 1 aromatic rings. The third-order valence-electron chi connectivity index (χ3n) is 3.61. The lowest BCUT2D eigenvalue weighted by atomic mass is 9.71. The van der Waals surface area contributed by atoms with Gasteiger partial charge < -0.3 is 10.2 Å². The molecule has 0 aromatic heterocycles. The van der Waals surface area contributed by atoms with Crippen LogP contribution in [0.15, 0.2) is 42.0 Å². The molecule has 100 valence electrons. The van der Waals surface area contributed by atoms with Gasteiger partial charge in [0.05, 0.1) is 11.8 Å². The van der Waals surface area contributed by atoms with Crippen molar-refractivity contribution in [2.45, 2.75) is 19.3 Å². The van der Waals surface area contributed by atoms with E-state index in [1.165, 1.54) is 0 Å².